The number of methoxy groups -OCH3 is 1. The van der Waals surface area contributed by atoms with E-state index in [2.05, 4.69) is 33.9 Å². The topological polar surface area (TPSA) is 70.4 Å². The molecule has 0 spiro atoms. The number of anilines is 1. The maximum absolute atomic E-state index is 5.51. The van der Waals surface area contributed by atoms with Crippen LogP contribution < -0.4 is 19.5 Å². The van der Waals surface area contributed by atoms with Crippen molar-refractivity contribution in [1.29, 1.82) is 0 Å². The number of aryl methyl sites for hydroxylation is 3. The Hall–Kier alpha value is -3.04. The fourth-order valence-electron chi connectivity index (χ4n) is 3.46. The molecule has 31 heavy (non-hydrogen) atoms. The molecule has 0 fully saturated rings. The summed E-state index contributed by atoms with van der Waals surface area (Å²) in [5.41, 5.74) is 2.96. The van der Waals surface area contributed by atoms with Crippen molar-refractivity contribution < 1.29 is 14.2 Å². The summed E-state index contributed by atoms with van der Waals surface area (Å²) >= 11 is 3.40. The second kappa shape index (κ2) is 8.60. The highest BCUT2D eigenvalue weighted by atomic mass is 32.1. The van der Waals surface area contributed by atoms with Crippen LogP contribution in [0.2, 0.25) is 0 Å². The van der Waals surface area contributed by atoms with E-state index in [1.165, 1.54) is 4.88 Å². The lowest BCUT2D eigenvalue weighted by Gasteiger charge is -2.08. The molecule has 0 amide bonds. The van der Waals surface area contributed by atoms with E-state index < -0.39 is 0 Å². The zero-order valence-corrected chi connectivity index (χ0v) is 18.9. The molecule has 9 heteroatoms. The van der Waals surface area contributed by atoms with Gasteiger partial charge in [-0.25, -0.2) is 4.98 Å². The predicted molar refractivity (Wildman–Crippen MR) is 123 cm³/mol. The fourth-order valence-corrected chi connectivity index (χ4v) is 5.09. The third kappa shape index (κ3) is 4.24. The molecule has 0 saturated carbocycles. The number of nitrogens with zero attached hydrogens (tertiary/aromatic N) is 3. The monoisotopic (exact) mass is 454 g/mol. The van der Waals surface area contributed by atoms with Gasteiger partial charge in [0, 0.05) is 30.6 Å². The molecule has 0 unspecified atom stereocenters. The van der Waals surface area contributed by atoms with Gasteiger partial charge in [0.2, 0.25) is 12.5 Å². The molecule has 4 heterocycles. The van der Waals surface area contributed by atoms with Crippen LogP contribution >= 0.6 is 22.7 Å². The Labute approximate surface area is 188 Å². The molecule has 160 valence electrons. The first kappa shape index (κ1) is 19.9. The molecule has 0 radical (unpaired) electrons. The number of hydrogen-bond acceptors (Lipinski definition) is 8. The van der Waals surface area contributed by atoms with E-state index in [1.807, 2.05) is 29.9 Å². The average molecular weight is 455 g/mol. The van der Waals surface area contributed by atoms with Gasteiger partial charge in [-0.3, -0.25) is 4.68 Å². The summed E-state index contributed by atoms with van der Waals surface area (Å²) in [6, 6.07) is 10.2. The number of thiazole rings is 1. The van der Waals surface area contributed by atoms with Gasteiger partial charge in [-0.05, 0) is 42.1 Å². The fraction of sp³-hybridized carbons (Fsp3) is 0.273. The molecule has 1 N–H and O–H groups in total. The van der Waals surface area contributed by atoms with Crippen molar-refractivity contribution in [3.05, 3.63) is 58.0 Å². The minimum atomic E-state index is 0.220. The van der Waals surface area contributed by atoms with Crippen LogP contribution in [0, 0.1) is 6.92 Å². The summed E-state index contributed by atoms with van der Waals surface area (Å²) in [4.78, 5) is 7.14. The quantitative estimate of drug-likeness (QED) is 0.405. The molecule has 1 aromatic carbocycles. The lowest BCUT2D eigenvalue weighted by molar-refractivity contribution is 0.171. The Kier molecular flexibility index (Phi) is 5.52. The number of fused-ring (bicyclic) bond motifs is 1. The van der Waals surface area contributed by atoms with Crippen LogP contribution in [0.4, 0.5) is 5.13 Å². The normalized spacial score (nSPS) is 12.3. The summed E-state index contributed by atoms with van der Waals surface area (Å²) in [5.74, 6) is 2.05. The average Bonchev–Trinajstić information content (AvgIpc) is 3.57. The van der Waals surface area contributed by atoms with E-state index in [4.69, 9.17) is 19.3 Å². The van der Waals surface area contributed by atoms with Crippen LogP contribution in [-0.2, 0) is 19.5 Å². The van der Waals surface area contributed by atoms with Gasteiger partial charge in [0.15, 0.2) is 16.6 Å². The van der Waals surface area contributed by atoms with E-state index in [0.717, 1.165) is 39.9 Å². The first-order valence-electron chi connectivity index (χ1n) is 9.93. The summed E-state index contributed by atoms with van der Waals surface area (Å²) in [6.07, 6.45) is 3.03. The Morgan fingerprint density at radius 3 is 3.03 bits per heavy atom. The molecule has 1 aliphatic heterocycles. The first-order chi connectivity index (χ1) is 15.2. The Morgan fingerprint density at radius 2 is 2.19 bits per heavy atom. The van der Waals surface area contributed by atoms with Crippen molar-refractivity contribution in [2.24, 2.45) is 0 Å². The number of thiophene rings is 1. The highest BCUT2D eigenvalue weighted by Crippen LogP contribution is 2.42. The van der Waals surface area contributed by atoms with Crippen LogP contribution in [0.5, 0.6) is 17.2 Å². The van der Waals surface area contributed by atoms with Crippen LogP contribution in [0.15, 0.2) is 41.9 Å². The molecule has 3 aromatic heterocycles. The second-order valence-electron chi connectivity index (χ2n) is 7.11. The Morgan fingerprint density at radius 1 is 1.26 bits per heavy atom. The molecule has 0 saturated heterocycles. The zero-order chi connectivity index (χ0) is 21.2. The molecule has 1 aliphatic rings. The lowest BCUT2D eigenvalue weighted by Crippen LogP contribution is -2.00. The highest BCUT2D eigenvalue weighted by Gasteiger charge is 2.20. The van der Waals surface area contributed by atoms with Crippen molar-refractivity contribution in [2.45, 2.75) is 26.4 Å². The van der Waals surface area contributed by atoms with E-state index >= 15 is 0 Å². The summed E-state index contributed by atoms with van der Waals surface area (Å²) in [5, 5.41) is 11.1. The smallest absolute Gasteiger partial charge is 0.231 e. The van der Waals surface area contributed by atoms with Crippen molar-refractivity contribution in [2.75, 3.05) is 19.2 Å². The SMILES string of the molecule is COc1cc(CNc2nc(C)c(-c3ccn(CCc4cccs4)n3)s2)cc2c1OCO2. The zero-order valence-electron chi connectivity index (χ0n) is 17.3. The van der Waals surface area contributed by atoms with Gasteiger partial charge in [0.05, 0.1) is 17.7 Å². The second-order valence-corrected chi connectivity index (χ2v) is 9.14. The summed E-state index contributed by atoms with van der Waals surface area (Å²) in [7, 11) is 1.63. The number of ether oxygens (including phenoxy) is 3. The van der Waals surface area contributed by atoms with Crippen LogP contribution in [-0.4, -0.2) is 28.7 Å². The molecule has 0 atom stereocenters. The number of hydrogen-bond donors (Lipinski definition) is 1. The van der Waals surface area contributed by atoms with Crippen LogP contribution in [0.25, 0.3) is 10.6 Å². The van der Waals surface area contributed by atoms with Crippen molar-refractivity contribution in [3.8, 4) is 27.8 Å². The van der Waals surface area contributed by atoms with Crippen molar-refractivity contribution >= 4 is 27.8 Å². The van der Waals surface area contributed by atoms with E-state index in [-0.39, 0.29) is 6.79 Å². The van der Waals surface area contributed by atoms with Crippen molar-refractivity contribution in [1.82, 2.24) is 14.8 Å². The Balaban J connectivity index is 1.26. The summed E-state index contributed by atoms with van der Waals surface area (Å²) < 4.78 is 18.4. The van der Waals surface area contributed by atoms with Gasteiger partial charge in [-0.15, -0.1) is 11.3 Å². The van der Waals surface area contributed by atoms with Gasteiger partial charge in [-0.2, -0.15) is 5.10 Å². The minimum Gasteiger partial charge on any atom is -0.493 e. The standard InChI is InChI=1S/C22H22N4O3S2/c1-14-21(17-6-8-26(25-17)7-5-16-4-3-9-30-16)31-22(24-14)23-12-15-10-18(27-2)20-19(11-15)28-13-29-20/h3-4,6,8-11H,5,7,12-13H2,1-2H3,(H,23,24). The minimum absolute atomic E-state index is 0.220. The number of aromatic nitrogens is 3. The highest BCUT2D eigenvalue weighted by molar-refractivity contribution is 7.19. The third-order valence-corrected chi connectivity index (χ3v) is 7.07. The molecule has 0 aliphatic carbocycles. The lowest BCUT2D eigenvalue weighted by atomic mass is 10.2. The first-order valence-corrected chi connectivity index (χ1v) is 11.6. The van der Waals surface area contributed by atoms with Crippen molar-refractivity contribution in [3.63, 3.8) is 0 Å². The number of rotatable bonds is 8. The molecule has 7 nitrogen and oxygen atoms in total. The molecular formula is C22H22N4O3S2. The van der Waals surface area contributed by atoms with Crippen LogP contribution in [0.3, 0.4) is 0 Å². The third-order valence-electron chi connectivity index (χ3n) is 5.00. The van der Waals surface area contributed by atoms with Gasteiger partial charge in [0.1, 0.15) is 5.69 Å². The largest absolute Gasteiger partial charge is 0.493 e. The van der Waals surface area contributed by atoms with Crippen LogP contribution in [0.1, 0.15) is 16.1 Å². The van der Waals surface area contributed by atoms with Gasteiger partial charge < -0.3 is 19.5 Å². The maximum Gasteiger partial charge on any atom is 0.231 e. The number of nitrogens with one attached hydrogen (secondary N) is 1. The van der Waals surface area contributed by atoms with E-state index in [1.54, 1.807) is 29.8 Å². The van der Waals surface area contributed by atoms with E-state index in [9.17, 15) is 0 Å². The predicted octanol–water partition coefficient (Wildman–Crippen LogP) is 4.97. The maximum atomic E-state index is 5.51. The van der Waals surface area contributed by atoms with Gasteiger partial charge >= 0.3 is 0 Å². The van der Waals surface area contributed by atoms with E-state index in [0.29, 0.717) is 23.8 Å². The summed E-state index contributed by atoms with van der Waals surface area (Å²) in [6.45, 7) is 3.72. The van der Waals surface area contributed by atoms with Gasteiger partial charge in [-0.1, -0.05) is 17.4 Å². The molecule has 5 rings (SSSR count). The Bertz CT molecular complexity index is 1180. The number of benzene rings is 1. The molecule has 0 bridgehead atoms. The molecule has 4 aromatic rings. The van der Waals surface area contributed by atoms with Gasteiger partial charge in [0.25, 0.3) is 0 Å². The molecular weight excluding hydrogens is 432 g/mol.